The number of carbonyl (C=O) groups excluding carboxylic acids is 1. The number of benzene rings is 2. The van der Waals surface area contributed by atoms with Crippen molar-refractivity contribution in [3.63, 3.8) is 0 Å². The molecule has 0 heterocycles. The first kappa shape index (κ1) is 22.3. The second-order valence-electron chi connectivity index (χ2n) is 6.60. The smallest absolute Gasteiger partial charge is 0.303 e. The van der Waals surface area contributed by atoms with Crippen molar-refractivity contribution in [1.29, 1.82) is 0 Å². The molecule has 0 radical (unpaired) electrons. The maximum atomic E-state index is 12.2. The molecular formula is C20H27N3O3S2. The van der Waals surface area contributed by atoms with Crippen molar-refractivity contribution in [1.82, 2.24) is 9.62 Å². The number of carbonyl (C=O) groups is 1. The number of amides is 1. The van der Waals surface area contributed by atoms with E-state index in [4.69, 9.17) is 0 Å². The molecule has 0 aliphatic rings. The Labute approximate surface area is 172 Å². The number of nitrogens with one attached hydrogen (secondary N) is 1. The van der Waals surface area contributed by atoms with E-state index in [0.29, 0.717) is 17.8 Å². The topological polar surface area (TPSA) is 69.7 Å². The van der Waals surface area contributed by atoms with Crippen LogP contribution in [0.5, 0.6) is 0 Å². The third-order valence-corrected chi connectivity index (χ3v) is 7.04. The number of hydrogen-bond acceptors (Lipinski definition) is 4. The normalized spacial score (nSPS) is 11.5. The van der Waals surface area contributed by atoms with Gasteiger partial charge in [-0.2, -0.15) is 24.5 Å². The highest BCUT2D eigenvalue weighted by Gasteiger charge is 2.20. The first-order valence-electron chi connectivity index (χ1n) is 8.90. The largest absolute Gasteiger partial charge is 0.351 e. The summed E-state index contributed by atoms with van der Waals surface area (Å²) in [4.78, 5) is 12.2. The zero-order valence-corrected chi connectivity index (χ0v) is 18.3. The lowest BCUT2D eigenvalue weighted by molar-refractivity contribution is 0.0956. The van der Waals surface area contributed by atoms with Crippen LogP contribution in [0.3, 0.4) is 0 Å². The summed E-state index contributed by atoms with van der Waals surface area (Å²) in [5.41, 5.74) is 3.53. The van der Waals surface area contributed by atoms with Gasteiger partial charge in [-0.05, 0) is 36.8 Å². The molecule has 2 rings (SSSR count). The monoisotopic (exact) mass is 421 g/mol. The van der Waals surface area contributed by atoms with Crippen LogP contribution in [0.2, 0.25) is 0 Å². The van der Waals surface area contributed by atoms with Crippen LogP contribution in [0.15, 0.2) is 48.5 Å². The fourth-order valence-electron chi connectivity index (χ4n) is 2.53. The molecule has 2 aromatic rings. The lowest BCUT2D eigenvalue weighted by Gasteiger charge is -2.23. The molecule has 0 saturated heterocycles. The predicted octanol–water partition coefficient (Wildman–Crippen LogP) is 2.90. The van der Waals surface area contributed by atoms with Gasteiger partial charge in [-0.1, -0.05) is 29.8 Å². The van der Waals surface area contributed by atoms with E-state index in [2.05, 4.69) is 36.5 Å². The molecule has 8 heteroatoms. The molecule has 28 heavy (non-hydrogen) atoms. The van der Waals surface area contributed by atoms with Gasteiger partial charge in [0.25, 0.3) is 5.91 Å². The van der Waals surface area contributed by atoms with Gasteiger partial charge in [0.1, 0.15) is 0 Å². The van der Waals surface area contributed by atoms with Crippen LogP contribution < -0.4 is 9.62 Å². The highest BCUT2D eigenvalue weighted by atomic mass is 32.2. The first-order valence-corrected chi connectivity index (χ1v) is 11.4. The van der Waals surface area contributed by atoms with Gasteiger partial charge in [0, 0.05) is 44.8 Å². The quantitative estimate of drug-likeness (QED) is 0.632. The number of thioether (sulfide) groups is 1. The van der Waals surface area contributed by atoms with E-state index < -0.39 is 10.2 Å². The van der Waals surface area contributed by atoms with Gasteiger partial charge in [-0.25, -0.2) is 0 Å². The van der Waals surface area contributed by atoms with Crippen molar-refractivity contribution < 1.29 is 13.2 Å². The Balaban J connectivity index is 1.81. The molecule has 2 aromatic carbocycles. The van der Waals surface area contributed by atoms with E-state index in [1.807, 2.05) is 0 Å². The Morgan fingerprint density at radius 1 is 1.07 bits per heavy atom. The zero-order chi connectivity index (χ0) is 20.7. The average molecular weight is 422 g/mol. The van der Waals surface area contributed by atoms with E-state index in [9.17, 15) is 13.2 Å². The molecule has 0 bridgehead atoms. The summed E-state index contributed by atoms with van der Waals surface area (Å²) in [5, 5.41) is 2.89. The standard InChI is InChI=1S/C20H27N3O3S2/c1-16-6-5-7-17(14-16)15-27-13-12-21-20(24)18-8-10-19(11-9-18)23(4)28(25,26)22(2)3/h5-11,14H,12-13,15H2,1-4H3,(H,21,24). The minimum atomic E-state index is -3.55. The Morgan fingerprint density at radius 3 is 2.36 bits per heavy atom. The van der Waals surface area contributed by atoms with Crippen molar-refractivity contribution in [2.75, 3.05) is 37.7 Å². The summed E-state index contributed by atoms with van der Waals surface area (Å²) in [6.45, 7) is 2.65. The third-order valence-electron chi connectivity index (χ3n) is 4.18. The third kappa shape index (κ3) is 5.98. The molecule has 6 nitrogen and oxygen atoms in total. The van der Waals surface area contributed by atoms with Crippen LogP contribution in [0.4, 0.5) is 5.69 Å². The summed E-state index contributed by atoms with van der Waals surface area (Å²) in [6.07, 6.45) is 0. The molecule has 1 N–H and O–H groups in total. The fourth-order valence-corrected chi connectivity index (χ4v) is 4.22. The van der Waals surface area contributed by atoms with Crippen LogP contribution in [-0.2, 0) is 16.0 Å². The van der Waals surface area contributed by atoms with E-state index in [1.165, 1.54) is 36.6 Å². The molecule has 0 unspecified atom stereocenters. The number of anilines is 1. The second-order valence-corrected chi connectivity index (χ2v) is 9.88. The molecule has 0 aromatic heterocycles. The van der Waals surface area contributed by atoms with Crippen LogP contribution in [-0.4, -0.2) is 52.1 Å². The number of aryl methyl sites for hydroxylation is 1. The number of rotatable bonds is 9. The minimum Gasteiger partial charge on any atom is -0.351 e. The Hall–Kier alpha value is -2.03. The van der Waals surface area contributed by atoms with Crippen LogP contribution in [0, 0.1) is 6.92 Å². The Kier molecular flexibility index (Phi) is 7.91. The molecule has 0 aliphatic carbocycles. The molecule has 0 fully saturated rings. The molecule has 0 saturated carbocycles. The minimum absolute atomic E-state index is 0.166. The summed E-state index contributed by atoms with van der Waals surface area (Å²) in [7, 11) is 0.890. The van der Waals surface area contributed by atoms with E-state index in [-0.39, 0.29) is 5.91 Å². The van der Waals surface area contributed by atoms with Crippen molar-refractivity contribution in [3.05, 3.63) is 65.2 Å². The average Bonchev–Trinajstić information content (AvgIpc) is 2.67. The van der Waals surface area contributed by atoms with Crippen molar-refractivity contribution in [3.8, 4) is 0 Å². The van der Waals surface area contributed by atoms with Crippen LogP contribution in [0.25, 0.3) is 0 Å². The van der Waals surface area contributed by atoms with Gasteiger partial charge in [0.15, 0.2) is 0 Å². The van der Waals surface area contributed by atoms with Crippen molar-refractivity contribution >= 4 is 33.6 Å². The summed E-state index contributed by atoms with van der Waals surface area (Å²) < 4.78 is 26.6. The Bertz CT molecular complexity index is 897. The second kappa shape index (κ2) is 9.95. The fraction of sp³-hybridized carbons (Fsp3) is 0.350. The van der Waals surface area contributed by atoms with Gasteiger partial charge in [-0.3, -0.25) is 9.10 Å². The molecule has 152 valence electrons. The summed E-state index contributed by atoms with van der Waals surface area (Å²) in [5.74, 6) is 1.57. The van der Waals surface area contributed by atoms with E-state index in [1.54, 1.807) is 36.0 Å². The van der Waals surface area contributed by atoms with Crippen molar-refractivity contribution in [2.24, 2.45) is 0 Å². The zero-order valence-electron chi connectivity index (χ0n) is 16.7. The highest BCUT2D eigenvalue weighted by Crippen LogP contribution is 2.18. The van der Waals surface area contributed by atoms with E-state index >= 15 is 0 Å². The SMILES string of the molecule is Cc1cccc(CSCCNC(=O)c2ccc(N(C)S(=O)(=O)N(C)C)cc2)c1. The van der Waals surface area contributed by atoms with Gasteiger partial charge in [0.05, 0.1) is 5.69 Å². The van der Waals surface area contributed by atoms with Crippen molar-refractivity contribution in [2.45, 2.75) is 12.7 Å². The maximum Gasteiger partial charge on any atom is 0.303 e. The van der Waals surface area contributed by atoms with Gasteiger partial charge >= 0.3 is 10.2 Å². The molecule has 0 atom stereocenters. The Morgan fingerprint density at radius 2 is 1.75 bits per heavy atom. The van der Waals surface area contributed by atoms with Gasteiger partial charge < -0.3 is 5.32 Å². The number of hydrogen-bond donors (Lipinski definition) is 1. The predicted molar refractivity (Wildman–Crippen MR) is 117 cm³/mol. The number of nitrogens with zero attached hydrogens (tertiary/aromatic N) is 2. The van der Waals surface area contributed by atoms with Crippen LogP contribution >= 0.6 is 11.8 Å². The molecule has 0 spiro atoms. The van der Waals surface area contributed by atoms with Gasteiger partial charge in [0.2, 0.25) is 0 Å². The maximum absolute atomic E-state index is 12.2. The lowest BCUT2D eigenvalue weighted by Crippen LogP contribution is -2.37. The molecule has 0 aliphatic heterocycles. The summed E-state index contributed by atoms with van der Waals surface area (Å²) >= 11 is 1.77. The lowest BCUT2D eigenvalue weighted by atomic mass is 10.2. The summed E-state index contributed by atoms with van der Waals surface area (Å²) in [6, 6.07) is 14.9. The van der Waals surface area contributed by atoms with Gasteiger partial charge in [-0.15, -0.1) is 0 Å². The highest BCUT2D eigenvalue weighted by molar-refractivity contribution is 7.98. The molecular weight excluding hydrogens is 394 g/mol. The van der Waals surface area contributed by atoms with Crippen LogP contribution in [0.1, 0.15) is 21.5 Å². The first-order chi connectivity index (χ1) is 13.2. The van der Waals surface area contributed by atoms with E-state index in [0.717, 1.165) is 15.8 Å². The molecule has 1 amide bonds.